The number of benzene rings is 3. The molecule has 2 N–H and O–H groups in total. The van der Waals surface area contributed by atoms with Crippen molar-refractivity contribution < 1.29 is 19.4 Å². The predicted octanol–water partition coefficient (Wildman–Crippen LogP) is 3.77. The number of aromatic carboxylic acids is 1. The van der Waals surface area contributed by atoms with Gasteiger partial charge in [-0.25, -0.2) is 9.78 Å². The van der Waals surface area contributed by atoms with E-state index in [0.717, 1.165) is 5.56 Å². The molecule has 176 valence electrons. The second kappa shape index (κ2) is 10.5. The van der Waals surface area contributed by atoms with E-state index in [9.17, 15) is 19.5 Å². The molecule has 0 bridgehead atoms. The van der Waals surface area contributed by atoms with Crippen LogP contribution in [0.3, 0.4) is 0 Å². The molecule has 0 fully saturated rings. The number of carbonyl (C=O) groups is 2. The van der Waals surface area contributed by atoms with Crippen molar-refractivity contribution in [3.8, 4) is 11.4 Å². The quantitative estimate of drug-likeness (QED) is 0.407. The maximum Gasteiger partial charge on any atom is 0.335 e. The highest BCUT2D eigenvalue weighted by molar-refractivity contribution is 5.88. The Labute approximate surface area is 201 Å². The van der Waals surface area contributed by atoms with Crippen LogP contribution < -0.4 is 15.6 Å². The van der Waals surface area contributed by atoms with E-state index in [1.54, 1.807) is 48.5 Å². The molecular weight excluding hydrogens is 446 g/mol. The minimum absolute atomic E-state index is 0.0586. The number of rotatable bonds is 8. The number of carboxylic acids is 1. The van der Waals surface area contributed by atoms with Crippen molar-refractivity contribution >= 4 is 34.9 Å². The summed E-state index contributed by atoms with van der Waals surface area (Å²) in [4.78, 5) is 40.8. The Bertz CT molecular complexity index is 1460. The zero-order chi connectivity index (χ0) is 24.8. The van der Waals surface area contributed by atoms with Gasteiger partial charge in [-0.15, -0.1) is 0 Å². The fourth-order valence-electron chi connectivity index (χ4n) is 3.51. The van der Waals surface area contributed by atoms with Gasteiger partial charge in [-0.2, -0.15) is 0 Å². The summed E-state index contributed by atoms with van der Waals surface area (Å²) in [7, 11) is 0. The lowest BCUT2D eigenvalue weighted by atomic mass is 10.1. The Kier molecular flexibility index (Phi) is 7.02. The highest BCUT2D eigenvalue weighted by Gasteiger charge is 2.12. The van der Waals surface area contributed by atoms with Gasteiger partial charge in [0.25, 0.3) is 11.5 Å². The molecular formula is C27H23N3O5. The van der Waals surface area contributed by atoms with Gasteiger partial charge >= 0.3 is 5.97 Å². The molecule has 1 amide bonds. The van der Waals surface area contributed by atoms with Crippen molar-refractivity contribution in [2.75, 3.05) is 13.2 Å². The number of hydrogen-bond donors (Lipinski definition) is 2. The molecule has 4 rings (SSSR count). The maximum absolute atomic E-state index is 13.3. The van der Waals surface area contributed by atoms with Crippen molar-refractivity contribution in [1.29, 1.82) is 0 Å². The molecule has 0 radical (unpaired) electrons. The third-order valence-electron chi connectivity index (χ3n) is 5.22. The average Bonchev–Trinajstić information content (AvgIpc) is 2.87. The number of nitrogens with zero attached hydrogens (tertiary/aromatic N) is 2. The summed E-state index contributed by atoms with van der Waals surface area (Å²) in [5, 5.41) is 12.3. The smallest absolute Gasteiger partial charge is 0.335 e. The zero-order valence-electron chi connectivity index (χ0n) is 19.0. The summed E-state index contributed by atoms with van der Waals surface area (Å²) in [6.07, 6.45) is 3.54. The van der Waals surface area contributed by atoms with E-state index in [0.29, 0.717) is 34.7 Å². The molecule has 1 heterocycles. The van der Waals surface area contributed by atoms with Crippen molar-refractivity contribution in [3.63, 3.8) is 0 Å². The highest BCUT2D eigenvalue weighted by atomic mass is 16.5. The molecule has 35 heavy (non-hydrogen) atoms. The van der Waals surface area contributed by atoms with E-state index in [1.165, 1.54) is 16.7 Å². The lowest BCUT2D eigenvalue weighted by Crippen LogP contribution is -2.28. The largest absolute Gasteiger partial charge is 0.484 e. The van der Waals surface area contributed by atoms with Gasteiger partial charge in [-0.05, 0) is 67.1 Å². The van der Waals surface area contributed by atoms with E-state index in [4.69, 9.17) is 4.74 Å². The number of para-hydroxylation sites is 1. The lowest BCUT2D eigenvalue weighted by molar-refractivity contribution is -0.122. The van der Waals surface area contributed by atoms with Crippen molar-refractivity contribution in [3.05, 3.63) is 100 Å². The fourth-order valence-corrected chi connectivity index (χ4v) is 3.51. The topological polar surface area (TPSA) is 111 Å². The third kappa shape index (κ3) is 5.44. The minimum Gasteiger partial charge on any atom is -0.484 e. The summed E-state index contributed by atoms with van der Waals surface area (Å²) in [5.41, 5.74) is 1.77. The van der Waals surface area contributed by atoms with Crippen LogP contribution in [0.15, 0.2) is 77.6 Å². The predicted molar refractivity (Wildman–Crippen MR) is 134 cm³/mol. The van der Waals surface area contributed by atoms with Crippen LogP contribution in [0, 0.1) is 0 Å². The van der Waals surface area contributed by atoms with Crippen LogP contribution in [0.4, 0.5) is 0 Å². The Balaban J connectivity index is 1.67. The number of carbonyl (C=O) groups excluding carboxylic acids is 1. The third-order valence-corrected chi connectivity index (χ3v) is 5.22. The van der Waals surface area contributed by atoms with Crippen LogP contribution in [-0.4, -0.2) is 39.7 Å². The molecule has 3 aromatic carbocycles. The van der Waals surface area contributed by atoms with Gasteiger partial charge in [0.15, 0.2) is 6.61 Å². The minimum atomic E-state index is -1.04. The summed E-state index contributed by atoms with van der Waals surface area (Å²) in [6, 6.07) is 20.3. The molecule has 4 aromatic rings. The van der Waals surface area contributed by atoms with E-state index in [2.05, 4.69) is 10.3 Å². The first-order chi connectivity index (χ1) is 17.0. The van der Waals surface area contributed by atoms with Crippen molar-refractivity contribution in [2.45, 2.75) is 6.92 Å². The number of carboxylic acid groups (broad SMARTS) is 1. The molecule has 0 unspecified atom stereocenters. The molecule has 0 spiro atoms. The Hall–Kier alpha value is -4.72. The van der Waals surface area contributed by atoms with Crippen LogP contribution >= 0.6 is 0 Å². The number of aromatic nitrogens is 2. The number of fused-ring (bicyclic) bond motifs is 1. The van der Waals surface area contributed by atoms with Crippen LogP contribution in [0.25, 0.3) is 28.7 Å². The molecule has 1 aromatic heterocycles. The second-order valence-corrected chi connectivity index (χ2v) is 7.62. The number of likely N-dealkylation sites (N-methyl/N-ethyl adjacent to an activating group) is 1. The molecule has 0 saturated carbocycles. The Morgan fingerprint density at radius 3 is 2.40 bits per heavy atom. The van der Waals surface area contributed by atoms with Crippen LogP contribution in [0.2, 0.25) is 0 Å². The number of amides is 1. The van der Waals surface area contributed by atoms with Crippen molar-refractivity contribution in [1.82, 2.24) is 14.9 Å². The molecule has 0 aliphatic heterocycles. The monoisotopic (exact) mass is 469 g/mol. The molecule has 0 aliphatic carbocycles. The number of hydrogen-bond acceptors (Lipinski definition) is 5. The fraction of sp³-hybridized carbons (Fsp3) is 0.111. The van der Waals surface area contributed by atoms with Gasteiger partial charge in [0.05, 0.1) is 22.2 Å². The van der Waals surface area contributed by atoms with Crippen LogP contribution in [0.1, 0.15) is 28.7 Å². The SMILES string of the molecule is CCNC(=O)COc1ccc(/C=C/c2nc3ccccc3c(=O)n2-c2ccc(C(=O)O)cc2)cc1. The van der Waals surface area contributed by atoms with Crippen LogP contribution in [0.5, 0.6) is 5.75 Å². The van der Waals surface area contributed by atoms with Gasteiger partial charge in [-0.3, -0.25) is 14.2 Å². The molecule has 0 aliphatic rings. The molecule has 0 saturated heterocycles. The Morgan fingerprint density at radius 2 is 1.71 bits per heavy atom. The van der Waals surface area contributed by atoms with Crippen molar-refractivity contribution in [2.24, 2.45) is 0 Å². The Morgan fingerprint density at radius 1 is 1.00 bits per heavy atom. The molecule has 0 atom stereocenters. The number of nitrogens with one attached hydrogen (secondary N) is 1. The van der Waals surface area contributed by atoms with Gasteiger partial charge in [-0.1, -0.05) is 30.3 Å². The normalized spacial score (nSPS) is 11.0. The summed E-state index contributed by atoms with van der Waals surface area (Å²) in [5.74, 6) is -0.270. The lowest BCUT2D eigenvalue weighted by Gasteiger charge is -2.12. The molecule has 8 nitrogen and oxygen atoms in total. The zero-order valence-corrected chi connectivity index (χ0v) is 19.0. The van der Waals surface area contributed by atoms with Gasteiger partial charge < -0.3 is 15.2 Å². The first kappa shape index (κ1) is 23.4. The highest BCUT2D eigenvalue weighted by Crippen LogP contribution is 2.18. The van der Waals surface area contributed by atoms with Gasteiger partial charge in [0.1, 0.15) is 11.6 Å². The van der Waals surface area contributed by atoms with E-state index in [-0.39, 0.29) is 23.6 Å². The summed E-state index contributed by atoms with van der Waals surface area (Å²) >= 11 is 0. The first-order valence-electron chi connectivity index (χ1n) is 11.0. The van der Waals surface area contributed by atoms with Gasteiger partial charge in [0.2, 0.25) is 0 Å². The standard InChI is InChI=1S/C27H23N3O5/c1-2-28-25(31)17-35-21-14-7-18(8-15-21)9-16-24-29-23-6-4-3-5-22(23)26(32)30(24)20-12-10-19(11-13-20)27(33)34/h3-16H,2,17H2,1H3,(H,28,31)(H,33,34)/b16-9+. The van der Waals surface area contributed by atoms with E-state index in [1.807, 2.05) is 31.2 Å². The summed E-state index contributed by atoms with van der Waals surface area (Å²) in [6.45, 7) is 2.33. The van der Waals surface area contributed by atoms with Crippen LogP contribution in [-0.2, 0) is 4.79 Å². The summed E-state index contributed by atoms with van der Waals surface area (Å²) < 4.78 is 6.92. The number of ether oxygens (including phenoxy) is 1. The van der Waals surface area contributed by atoms with E-state index < -0.39 is 5.97 Å². The maximum atomic E-state index is 13.3. The first-order valence-corrected chi connectivity index (χ1v) is 11.0. The average molecular weight is 469 g/mol. The molecule has 8 heteroatoms. The van der Waals surface area contributed by atoms with E-state index >= 15 is 0 Å². The second-order valence-electron chi connectivity index (χ2n) is 7.62. The van der Waals surface area contributed by atoms with Gasteiger partial charge in [0, 0.05) is 6.54 Å².